The van der Waals surface area contributed by atoms with Crippen molar-refractivity contribution in [2.75, 3.05) is 6.54 Å². The van der Waals surface area contributed by atoms with E-state index in [9.17, 15) is 22.0 Å². The number of alkyl halides is 2. The Kier molecular flexibility index (Phi) is 3.73. The van der Waals surface area contributed by atoms with E-state index in [0.717, 1.165) is 0 Å². The Balaban J connectivity index is 4.57. The zero-order chi connectivity index (χ0) is 10.7. The molecule has 0 heterocycles. The van der Waals surface area contributed by atoms with Crippen molar-refractivity contribution in [3.8, 4) is 0 Å². The monoisotopic (exact) mass is 217 g/mol. The predicted octanol–water partition coefficient (Wildman–Crippen LogP) is -0.00680. The summed E-state index contributed by atoms with van der Waals surface area (Å²) in [5, 5.41) is -3.12. The van der Waals surface area contributed by atoms with Crippen LogP contribution in [-0.2, 0) is 14.9 Å². The van der Waals surface area contributed by atoms with Gasteiger partial charge >= 0.3 is 21.3 Å². The van der Waals surface area contributed by atoms with E-state index < -0.39 is 21.3 Å². The molecule has 0 bridgehead atoms. The summed E-state index contributed by atoms with van der Waals surface area (Å²) < 4.78 is 52.8. The van der Waals surface area contributed by atoms with Crippen LogP contribution in [0.5, 0.6) is 0 Å². The molecule has 2 N–H and O–H groups in total. The zero-order valence-electron chi connectivity index (χ0n) is 6.75. The first-order valence-electron chi connectivity index (χ1n) is 3.36. The van der Waals surface area contributed by atoms with Crippen molar-refractivity contribution in [1.29, 1.82) is 0 Å². The second-order valence-electron chi connectivity index (χ2n) is 2.25. The van der Waals surface area contributed by atoms with Crippen molar-refractivity contribution in [3.63, 3.8) is 0 Å². The fourth-order valence-electron chi connectivity index (χ4n) is 0.459. The molecule has 0 aliphatic heterocycles. The van der Waals surface area contributed by atoms with Gasteiger partial charge in [-0.2, -0.15) is 17.2 Å². The van der Waals surface area contributed by atoms with E-state index in [4.69, 9.17) is 4.55 Å². The summed E-state index contributed by atoms with van der Waals surface area (Å²) >= 11 is 0. The fraction of sp³-hybridized carbons (Fsp3) is 0.800. The van der Waals surface area contributed by atoms with E-state index in [0.29, 0.717) is 6.42 Å². The van der Waals surface area contributed by atoms with Crippen LogP contribution in [0.2, 0.25) is 0 Å². The second-order valence-corrected chi connectivity index (χ2v) is 3.71. The van der Waals surface area contributed by atoms with Crippen LogP contribution >= 0.6 is 0 Å². The Labute approximate surface area is 73.9 Å². The average Bonchev–Trinajstić information content (AvgIpc) is 1.97. The van der Waals surface area contributed by atoms with Crippen LogP contribution in [0.15, 0.2) is 0 Å². The highest BCUT2D eigenvalue weighted by molar-refractivity contribution is 7.87. The molecule has 0 rings (SSSR count). The molecule has 0 fully saturated rings. The highest BCUT2D eigenvalue weighted by atomic mass is 32.2. The van der Waals surface area contributed by atoms with Gasteiger partial charge in [0.25, 0.3) is 0 Å². The summed E-state index contributed by atoms with van der Waals surface area (Å²) in [5.74, 6) is -2.02. The van der Waals surface area contributed by atoms with Crippen molar-refractivity contribution in [1.82, 2.24) is 5.32 Å². The van der Waals surface area contributed by atoms with Gasteiger partial charge in [-0.05, 0) is 6.42 Å². The lowest BCUT2D eigenvalue weighted by Gasteiger charge is -2.11. The topological polar surface area (TPSA) is 83.5 Å². The molecule has 0 unspecified atom stereocenters. The maximum atomic E-state index is 12.4. The van der Waals surface area contributed by atoms with Crippen LogP contribution < -0.4 is 5.32 Å². The van der Waals surface area contributed by atoms with Crippen LogP contribution in [0.1, 0.15) is 13.3 Å². The van der Waals surface area contributed by atoms with Gasteiger partial charge < -0.3 is 5.32 Å². The second kappa shape index (κ2) is 3.97. The molecule has 78 valence electrons. The Morgan fingerprint density at radius 3 is 2.31 bits per heavy atom. The number of halogens is 2. The molecule has 8 heteroatoms. The quantitative estimate of drug-likeness (QED) is 0.649. The minimum Gasteiger partial charge on any atom is -0.350 e. The maximum Gasteiger partial charge on any atom is 0.446 e. The highest BCUT2D eigenvalue weighted by Crippen LogP contribution is 2.20. The molecule has 0 spiro atoms. The first-order chi connectivity index (χ1) is 5.73. The molecule has 0 aromatic carbocycles. The fourth-order valence-corrected chi connectivity index (χ4v) is 0.765. The van der Waals surface area contributed by atoms with Crippen LogP contribution in [-0.4, -0.2) is 30.7 Å². The predicted molar refractivity (Wildman–Crippen MR) is 39.8 cm³/mol. The van der Waals surface area contributed by atoms with Gasteiger partial charge in [0.1, 0.15) is 0 Å². The average molecular weight is 217 g/mol. The van der Waals surface area contributed by atoms with Gasteiger partial charge in [-0.25, -0.2) is 0 Å². The first-order valence-corrected chi connectivity index (χ1v) is 4.80. The summed E-state index contributed by atoms with van der Waals surface area (Å²) in [6.07, 6.45) is 0.382. The van der Waals surface area contributed by atoms with Crippen molar-refractivity contribution < 1.29 is 26.5 Å². The number of hydrogen-bond acceptors (Lipinski definition) is 3. The molecule has 0 aliphatic carbocycles. The van der Waals surface area contributed by atoms with E-state index in [1.165, 1.54) is 0 Å². The minimum absolute atomic E-state index is 0.0794. The van der Waals surface area contributed by atoms with Crippen molar-refractivity contribution in [2.24, 2.45) is 0 Å². The Bertz CT molecular complexity index is 287. The number of nitrogens with one attached hydrogen (secondary N) is 1. The summed E-state index contributed by atoms with van der Waals surface area (Å²) in [6.45, 7) is 1.52. The van der Waals surface area contributed by atoms with Crippen molar-refractivity contribution in [3.05, 3.63) is 0 Å². The summed E-state index contributed by atoms with van der Waals surface area (Å²) in [7, 11) is -5.68. The highest BCUT2D eigenvalue weighted by Gasteiger charge is 2.51. The number of rotatable bonds is 4. The van der Waals surface area contributed by atoms with Gasteiger partial charge in [0.05, 0.1) is 0 Å². The van der Waals surface area contributed by atoms with Crippen LogP contribution in [0.3, 0.4) is 0 Å². The third-order valence-corrected chi connectivity index (χ3v) is 1.96. The lowest BCUT2D eigenvalue weighted by atomic mass is 10.5. The largest absolute Gasteiger partial charge is 0.446 e. The summed E-state index contributed by atoms with van der Waals surface area (Å²) in [6, 6.07) is 0. The Morgan fingerprint density at radius 2 is 2.00 bits per heavy atom. The molecule has 0 aliphatic rings. The molecule has 0 aromatic heterocycles. The number of carbonyl (C=O) groups excluding carboxylic acids is 1. The molecular weight excluding hydrogens is 208 g/mol. The smallest absolute Gasteiger partial charge is 0.350 e. The molecule has 13 heavy (non-hydrogen) atoms. The summed E-state index contributed by atoms with van der Waals surface area (Å²) in [4.78, 5) is 10.5. The van der Waals surface area contributed by atoms with Crippen LogP contribution in [0, 0.1) is 0 Å². The first kappa shape index (κ1) is 12.2. The van der Waals surface area contributed by atoms with Crippen LogP contribution in [0.25, 0.3) is 0 Å². The molecule has 0 saturated carbocycles. The molecule has 0 aromatic rings. The van der Waals surface area contributed by atoms with Gasteiger partial charge in [-0.1, -0.05) is 6.92 Å². The molecule has 0 radical (unpaired) electrons. The number of carbonyl (C=O) groups is 1. The van der Waals surface area contributed by atoms with Gasteiger partial charge in [-0.15, -0.1) is 0 Å². The van der Waals surface area contributed by atoms with Crippen molar-refractivity contribution in [2.45, 2.75) is 18.6 Å². The number of hydrogen-bond donors (Lipinski definition) is 2. The van der Waals surface area contributed by atoms with Gasteiger partial charge in [-0.3, -0.25) is 9.35 Å². The Hall–Kier alpha value is -0.760. The lowest BCUT2D eigenvalue weighted by molar-refractivity contribution is -0.136. The SMILES string of the molecule is CCCNC(=O)C(F)(F)S(=O)(=O)O. The molecule has 5 nitrogen and oxygen atoms in total. The van der Waals surface area contributed by atoms with E-state index in [1.807, 2.05) is 0 Å². The van der Waals surface area contributed by atoms with E-state index in [2.05, 4.69) is 0 Å². The van der Waals surface area contributed by atoms with Crippen LogP contribution in [0.4, 0.5) is 8.78 Å². The summed E-state index contributed by atoms with van der Waals surface area (Å²) in [5.41, 5.74) is 0. The zero-order valence-corrected chi connectivity index (χ0v) is 7.57. The standard InChI is InChI=1S/C5H9F2NO4S/c1-2-3-8-4(9)5(6,7)13(10,11)12/h2-3H2,1H3,(H,8,9)(H,10,11,12). The van der Waals surface area contributed by atoms with Gasteiger partial charge in [0.15, 0.2) is 0 Å². The third kappa shape index (κ3) is 2.88. The van der Waals surface area contributed by atoms with Crippen molar-refractivity contribution >= 4 is 16.0 Å². The minimum atomic E-state index is -5.68. The van der Waals surface area contributed by atoms with Gasteiger partial charge in [0.2, 0.25) is 0 Å². The molecule has 1 amide bonds. The maximum absolute atomic E-state index is 12.4. The Morgan fingerprint density at radius 1 is 1.54 bits per heavy atom. The van der Waals surface area contributed by atoms with E-state index in [1.54, 1.807) is 12.2 Å². The molecule has 0 saturated heterocycles. The third-order valence-electron chi connectivity index (χ3n) is 1.12. The number of amides is 1. The lowest BCUT2D eigenvalue weighted by Crippen LogP contribution is -2.45. The van der Waals surface area contributed by atoms with E-state index in [-0.39, 0.29) is 6.54 Å². The molecule has 0 atom stereocenters. The van der Waals surface area contributed by atoms with E-state index >= 15 is 0 Å². The molecular formula is C5H9F2NO4S. The van der Waals surface area contributed by atoms with Gasteiger partial charge in [0, 0.05) is 6.54 Å². The normalized spacial score (nSPS) is 12.6.